The number of rotatable bonds is 4. The minimum absolute atomic E-state index is 1.50. The number of halogens is 20. The quantitative estimate of drug-likeness (QED) is 0.130. The van der Waals surface area contributed by atoms with Crippen molar-refractivity contribution in [2.75, 3.05) is 7.05 Å². The second kappa shape index (κ2) is 12.6. The van der Waals surface area contributed by atoms with Crippen molar-refractivity contribution in [3.05, 3.63) is 116 Å². The first-order valence-corrected chi connectivity index (χ1v) is 11.5. The van der Waals surface area contributed by atoms with E-state index in [0.29, 0.717) is 0 Å². The van der Waals surface area contributed by atoms with Crippen LogP contribution in [0.1, 0.15) is 0 Å². The van der Waals surface area contributed by atoms with Crippen LogP contribution < -0.4 is 27.6 Å². The van der Waals surface area contributed by atoms with Crippen LogP contribution in [0.25, 0.3) is 0 Å². The second-order valence-corrected chi connectivity index (χ2v) is 8.80. The van der Waals surface area contributed by atoms with Crippen LogP contribution in [-0.2, 0) is 0 Å². The number of hydrogen-bond donors (Lipinski definition) is 1. The molecule has 254 valence electrons. The molecule has 0 atom stereocenters. The van der Waals surface area contributed by atoms with Crippen LogP contribution in [0.15, 0.2) is 0 Å². The van der Waals surface area contributed by atoms with Crippen molar-refractivity contribution in [2.45, 2.75) is 0 Å². The van der Waals surface area contributed by atoms with Crippen LogP contribution >= 0.6 is 0 Å². The molecule has 0 aliphatic rings. The Morgan fingerprint density at radius 1 is 0.213 bits per heavy atom. The Hall–Kier alpha value is -4.50. The first kappa shape index (κ1) is 37.0. The van der Waals surface area contributed by atoms with Crippen LogP contribution in [0.3, 0.4) is 0 Å². The summed E-state index contributed by atoms with van der Waals surface area (Å²) in [5.41, 5.74) is -9.83. The molecule has 2 N–H and O–H groups in total. The Balaban J connectivity index is 0.00000294. The molecule has 4 aromatic carbocycles. The van der Waals surface area contributed by atoms with Gasteiger partial charge in [0.2, 0.25) is 0 Å². The van der Waals surface area contributed by atoms with Crippen LogP contribution in [0.5, 0.6) is 0 Å². The van der Waals surface area contributed by atoms with Gasteiger partial charge in [-0.25, -0.2) is 87.8 Å². The van der Waals surface area contributed by atoms with Crippen molar-refractivity contribution < 1.29 is 87.8 Å². The Bertz CT molecular complexity index is 1580. The summed E-state index contributed by atoms with van der Waals surface area (Å²) < 4.78 is 294. The largest absolute Gasteiger partial charge is 0.333 e. The van der Waals surface area contributed by atoms with Crippen LogP contribution in [0.4, 0.5) is 87.8 Å². The van der Waals surface area contributed by atoms with Gasteiger partial charge >= 0.3 is 0 Å². The van der Waals surface area contributed by atoms with E-state index < -0.39 is 144 Å². The third kappa shape index (κ3) is 4.86. The summed E-state index contributed by atoms with van der Waals surface area (Å²) in [5, 5.41) is 0. The lowest BCUT2D eigenvalue weighted by molar-refractivity contribution is 0.378. The summed E-state index contributed by atoms with van der Waals surface area (Å²) in [6, 6.07) is 0. The fourth-order valence-corrected chi connectivity index (χ4v) is 4.87. The van der Waals surface area contributed by atoms with Gasteiger partial charge in [-0.1, -0.05) is 0 Å². The minimum atomic E-state index is -7.22. The number of nitrogens with two attached hydrogens (primary N) is 1. The molecule has 0 amide bonds. The van der Waals surface area contributed by atoms with E-state index in [9.17, 15) is 52.7 Å². The molecule has 0 heterocycles. The van der Waals surface area contributed by atoms with E-state index in [0.717, 1.165) is 0 Å². The second-order valence-electron chi connectivity index (χ2n) is 8.80. The van der Waals surface area contributed by atoms with Crippen molar-refractivity contribution in [1.29, 1.82) is 0 Å². The Labute approximate surface area is 245 Å². The maximum Gasteiger partial charge on any atom is 0.200 e. The van der Waals surface area contributed by atoms with Gasteiger partial charge in [0.15, 0.2) is 69.8 Å². The molecule has 0 radical (unpaired) electrons. The van der Waals surface area contributed by atoms with Crippen molar-refractivity contribution >= 4 is 28.0 Å². The van der Waals surface area contributed by atoms with E-state index in [1.165, 1.54) is 7.05 Å². The molecule has 4 aromatic rings. The molecule has 1 nitrogen and oxygen atoms in total. The molecule has 0 aliphatic heterocycles. The smallest absolute Gasteiger partial charge is 0.200 e. The minimum Gasteiger partial charge on any atom is -0.333 e. The van der Waals surface area contributed by atoms with Crippen molar-refractivity contribution in [1.82, 2.24) is 0 Å². The molecule has 0 unspecified atom stereocenters. The highest BCUT2D eigenvalue weighted by atomic mass is 19.2. The molecule has 0 aromatic heterocycles. The maximum atomic E-state index is 15.4. The molecular formula is C25H5BF20N-. The molecule has 47 heavy (non-hydrogen) atoms. The molecule has 0 aliphatic carbocycles. The summed E-state index contributed by atoms with van der Waals surface area (Å²) in [5.74, 6) is -71.4. The normalized spacial score (nSPS) is 11.6. The summed E-state index contributed by atoms with van der Waals surface area (Å²) in [6.07, 6.45) is -7.22. The summed E-state index contributed by atoms with van der Waals surface area (Å²) in [7, 11) is 1.50. The van der Waals surface area contributed by atoms with E-state index >= 15 is 35.1 Å². The molecule has 0 saturated carbocycles. The average Bonchev–Trinajstić information content (AvgIpc) is 3.05. The summed E-state index contributed by atoms with van der Waals surface area (Å²) in [4.78, 5) is 0. The lowest BCUT2D eigenvalue weighted by Crippen LogP contribution is -2.81. The van der Waals surface area contributed by atoms with E-state index in [1.807, 2.05) is 0 Å². The van der Waals surface area contributed by atoms with Gasteiger partial charge in [0.25, 0.3) is 0 Å². The van der Waals surface area contributed by atoms with Crippen molar-refractivity contribution in [3.8, 4) is 0 Å². The van der Waals surface area contributed by atoms with Gasteiger partial charge < -0.3 is 5.73 Å². The highest BCUT2D eigenvalue weighted by Crippen LogP contribution is 2.30. The maximum absolute atomic E-state index is 15.4. The summed E-state index contributed by atoms with van der Waals surface area (Å²) >= 11 is 0. The highest BCUT2D eigenvalue weighted by Gasteiger charge is 2.52. The average molecular weight is 710 g/mol. The third-order valence-corrected chi connectivity index (χ3v) is 6.71. The third-order valence-electron chi connectivity index (χ3n) is 6.71. The molecule has 4 rings (SSSR count). The molecule has 0 spiro atoms. The Kier molecular flexibility index (Phi) is 9.91. The van der Waals surface area contributed by atoms with E-state index in [2.05, 4.69) is 5.73 Å². The number of hydrogen-bond acceptors (Lipinski definition) is 1. The Morgan fingerprint density at radius 3 is 0.404 bits per heavy atom. The van der Waals surface area contributed by atoms with Gasteiger partial charge in [-0.05, 0) is 7.05 Å². The standard InChI is InChI=1S/C24BF20.CH5N/c26-5-1(6(27)14(35)21(42)13(5)34)25(2-7(28)15(36)22(43)16(37)8(2)29,3-9(30)17(38)23(44)18(39)10(3)31)4-11(32)19(40)24(45)20(41)12(4)33;1-2/h;2H2,1H3/q-1;. The first-order chi connectivity index (χ1) is 21.7. The molecular weight excluding hydrogens is 705 g/mol. The first-order valence-electron chi connectivity index (χ1n) is 11.5. The topological polar surface area (TPSA) is 26.0 Å². The van der Waals surface area contributed by atoms with Crippen LogP contribution in [0, 0.1) is 116 Å². The van der Waals surface area contributed by atoms with E-state index in [-0.39, 0.29) is 0 Å². The molecule has 0 fully saturated rings. The van der Waals surface area contributed by atoms with Gasteiger partial charge in [-0.2, -0.15) is 0 Å². The molecule has 0 bridgehead atoms. The fourth-order valence-electron chi connectivity index (χ4n) is 4.87. The van der Waals surface area contributed by atoms with Gasteiger partial charge in [0, 0.05) is 0 Å². The zero-order valence-corrected chi connectivity index (χ0v) is 21.7. The fraction of sp³-hybridized carbons (Fsp3) is 0.0400. The van der Waals surface area contributed by atoms with Crippen LogP contribution in [0.2, 0.25) is 0 Å². The number of benzene rings is 4. The lowest BCUT2D eigenvalue weighted by Gasteiger charge is -2.44. The van der Waals surface area contributed by atoms with Gasteiger partial charge in [-0.15, -0.1) is 21.9 Å². The van der Waals surface area contributed by atoms with Crippen molar-refractivity contribution in [2.24, 2.45) is 5.73 Å². The van der Waals surface area contributed by atoms with Crippen LogP contribution in [-0.4, -0.2) is 13.2 Å². The summed E-state index contributed by atoms with van der Waals surface area (Å²) in [6.45, 7) is 0. The van der Waals surface area contributed by atoms with Gasteiger partial charge in [0.05, 0.1) is 0 Å². The van der Waals surface area contributed by atoms with Gasteiger partial charge in [0.1, 0.15) is 52.7 Å². The highest BCUT2D eigenvalue weighted by molar-refractivity contribution is 7.20. The monoisotopic (exact) mass is 710 g/mol. The van der Waals surface area contributed by atoms with E-state index in [4.69, 9.17) is 0 Å². The van der Waals surface area contributed by atoms with Gasteiger partial charge in [-0.3, -0.25) is 0 Å². The predicted octanol–water partition coefficient (Wildman–Crippen LogP) is 5.42. The molecule has 0 saturated heterocycles. The molecule has 22 heteroatoms. The van der Waals surface area contributed by atoms with E-state index in [1.54, 1.807) is 0 Å². The lowest BCUT2D eigenvalue weighted by atomic mass is 9.12. The SMILES string of the molecule is CN.Fc1c(F)c(F)c([B-](c2c(F)c(F)c(F)c(F)c2F)(c2c(F)c(F)c(F)c(F)c2F)c2c(F)c(F)c(F)c(F)c2F)c(F)c1F. The van der Waals surface area contributed by atoms with Crippen molar-refractivity contribution in [3.63, 3.8) is 0 Å². The Morgan fingerprint density at radius 2 is 0.298 bits per heavy atom. The zero-order chi connectivity index (χ0) is 36.4. The predicted molar refractivity (Wildman–Crippen MR) is 119 cm³/mol. The zero-order valence-electron chi connectivity index (χ0n) is 21.7.